The van der Waals surface area contributed by atoms with Crippen LogP contribution in [-0.2, 0) is 20.5 Å². The lowest BCUT2D eigenvalue weighted by atomic mass is 10.2. The van der Waals surface area contributed by atoms with Gasteiger partial charge in [0.25, 0.3) is 5.22 Å². The SMILES string of the molecule is Cc1nnc(CSc2nnc(-c3cccc(S(=O)(=O)N4CCOCC4)c3)o2)o1. The van der Waals surface area contributed by atoms with Crippen molar-refractivity contribution in [2.24, 2.45) is 0 Å². The first kappa shape index (κ1) is 19.1. The topological polar surface area (TPSA) is 124 Å². The predicted octanol–water partition coefficient (Wildman–Crippen LogP) is 1.74. The van der Waals surface area contributed by atoms with Gasteiger partial charge in [-0.25, -0.2) is 8.42 Å². The lowest BCUT2D eigenvalue weighted by Crippen LogP contribution is -2.40. The molecule has 0 saturated carbocycles. The van der Waals surface area contributed by atoms with Crippen LogP contribution in [0, 0.1) is 6.92 Å². The van der Waals surface area contributed by atoms with Crippen molar-refractivity contribution in [3.05, 3.63) is 36.0 Å². The van der Waals surface area contributed by atoms with Gasteiger partial charge in [-0.15, -0.1) is 20.4 Å². The number of hydrogen-bond acceptors (Lipinski definition) is 10. The van der Waals surface area contributed by atoms with Gasteiger partial charge in [0.05, 0.1) is 23.9 Å². The molecule has 10 nitrogen and oxygen atoms in total. The number of nitrogens with zero attached hydrogens (tertiary/aromatic N) is 5. The summed E-state index contributed by atoms with van der Waals surface area (Å²) in [7, 11) is -3.60. The third kappa shape index (κ3) is 4.09. The van der Waals surface area contributed by atoms with E-state index < -0.39 is 10.0 Å². The van der Waals surface area contributed by atoms with Gasteiger partial charge in [-0.05, 0) is 18.2 Å². The number of thioether (sulfide) groups is 1. The van der Waals surface area contributed by atoms with E-state index in [0.717, 1.165) is 0 Å². The number of morpholine rings is 1. The summed E-state index contributed by atoms with van der Waals surface area (Å²) in [4.78, 5) is 0.181. The monoisotopic (exact) mass is 423 g/mol. The zero-order valence-electron chi connectivity index (χ0n) is 14.9. The molecule has 1 aliphatic rings. The number of benzene rings is 1. The average Bonchev–Trinajstić information content (AvgIpc) is 3.36. The molecule has 0 amide bonds. The Kier molecular flexibility index (Phi) is 5.44. The molecule has 0 spiro atoms. The van der Waals surface area contributed by atoms with E-state index in [4.69, 9.17) is 13.6 Å². The molecule has 0 unspecified atom stereocenters. The quantitative estimate of drug-likeness (QED) is 0.541. The third-order valence-electron chi connectivity index (χ3n) is 3.98. The van der Waals surface area contributed by atoms with Crippen molar-refractivity contribution in [2.45, 2.75) is 22.8 Å². The Morgan fingerprint density at radius 3 is 2.68 bits per heavy atom. The zero-order chi connectivity index (χ0) is 19.6. The van der Waals surface area contributed by atoms with Gasteiger partial charge in [0, 0.05) is 25.6 Å². The Morgan fingerprint density at radius 1 is 1.11 bits per heavy atom. The minimum absolute atomic E-state index is 0.181. The molecule has 0 N–H and O–H groups in total. The maximum Gasteiger partial charge on any atom is 0.277 e. The van der Waals surface area contributed by atoms with Crippen molar-refractivity contribution in [3.8, 4) is 11.5 Å². The minimum Gasteiger partial charge on any atom is -0.425 e. The number of ether oxygens (including phenoxy) is 1. The van der Waals surface area contributed by atoms with Crippen LogP contribution in [0.3, 0.4) is 0 Å². The van der Waals surface area contributed by atoms with Crippen molar-refractivity contribution in [2.75, 3.05) is 26.3 Å². The lowest BCUT2D eigenvalue weighted by molar-refractivity contribution is 0.0730. The van der Waals surface area contributed by atoms with Crippen LogP contribution in [0.4, 0.5) is 0 Å². The first-order valence-corrected chi connectivity index (χ1v) is 10.9. The van der Waals surface area contributed by atoms with Crippen LogP contribution in [0.15, 0.2) is 43.2 Å². The summed E-state index contributed by atoms with van der Waals surface area (Å²) in [6.07, 6.45) is 0. The highest BCUT2D eigenvalue weighted by atomic mass is 32.2. The second kappa shape index (κ2) is 7.99. The Balaban J connectivity index is 1.50. The minimum atomic E-state index is -3.60. The van der Waals surface area contributed by atoms with Gasteiger partial charge in [-0.2, -0.15) is 4.31 Å². The van der Waals surface area contributed by atoms with E-state index in [0.29, 0.717) is 54.6 Å². The normalized spacial score (nSPS) is 15.8. The van der Waals surface area contributed by atoms with Crippen LogP contribution in [0.25, 0.3) is 11.5 Å². The zero-order valence-corrected chi connectivity index (χ0v) is 16.6. The van der Waals surface area contributed by atoms with E-state index in [9.17, 15) is 8.42 Å². The van der Waals surface area contributed by atoms with Crippen LogP contribution >= 0.6 is 11.8 Å². The summed E-state index contributed by atoms with van der Waals surface area (Å²) in [6.45, 7) is 3.17. The first-order valence-electron chi connectivity index (χ1n) is 8.46. The molecule has 4 rings (SSSR count). The van der Waals surface area contributed by atoms with Crippen LogP contribution in [0.1, 0.15) is 11.8 Å². The molecule has 1 aromatic carbocycles. The van der Waals surface area contributed by atoms with E-state index >= 15 is 0 Å². The average molecular weight is 423 g/mol. The fourth-order valence-electron chi connectivity index (χ4n) is 2.63. The number of hydrogen-bond donors (Lipinski definition) is 0. The standard InChI is InChI=1S/C16H17N5O5S2/c1-11-17-18-14(25-11)10-27-16-20-19-15(26-16)12-3-2-4-13(9-12)28(22,23)21-5-7-24-8-6-21/h2-4,9H,5-8,10H2,1H3. The number of aromatic nitrogens is 4. The molecule has 0 radical (unpaired) electrons. The molecule has 1 saturated heterocycles. The Labute approximate surface area is 165 Å². The molecule has 148 valence electrons. The van der Waals surface area contributed by atoms with Gasteiger partial charge in [0.15, 0.2) is 0 Å². The molecule has 1 fully saturated rings. The van der Waals surface area contributed by atoms with Crippen LogP contribution < -0.4 is 0 Å². The summed E-state index contributed by atoms with van der Waals surface area (Å²) in [5, 5.41) is 16.0. The summed E-state index contributed by atoms with van der Waals surface area (Å²) in [5.41, 5.74) is 0.530. The molecule has 3 heterocycles. The number of rotatable bonds is 6. The van der Waals surface area contributed by atoms with E-state index in [-0.39, 0.29) is 10.8 Å². The van der Waals surface area contributed by atoms with Gasteiger partial charge in [0.2, 0.25) is 27.7 Å². The fourth-order valence-corrected chi connectivity index (χ4v) is 4.68. The maximum atomic E-state index is 12.8. The molecule has 28 heavy (non-hydrogen) atoms. The van der Waals surface area contributed by atoms with Gasteiger partial charge in [0.1, 0.15) is 0 Å². The van der Waals surface area contributed by atoms with Crippen molar-refractivity contribution < 1.29 is 22.0 Å². The van der Waals surface area contributed by atoms with Crippen LogP contribution in [-0.4, -0.2) is 59.4 Å². The second-order valence-corrected chi connectivity index (χ2v) is 8.79. The van der Waals surface area contributed by atoms with E-state index in [1.807, 2.05) is 0 Å². The summed E-state index contributed by atoms with van der Waals surface area (Å²) >= 11 is 1.26. The molecule has 0 bridgehead atoms. The largest absolute Gasteiger partial charge is 0.425 e. The van der Waals surface area contributed by atoms with Crippen molar-refractivity contribution in [1.82, 2.24) is 24.7 Å². The molecule has 2 aromatic heterocycles. The molecule has 3 aromatic rings. The highest BCUT2D eigenvalue weighted by molar-refractivity contribution is 7.98. The first-order chi connectivity index (χ1) is 13.5. The summed E-state index contributed by atoms with van der Waals surface area (Å²) < 4.78 is 43.2. The fraction of sp³-hybridized carbons (Fsp3) is 0.375. The maximum absolute atomic E-state index is 12.8. The van der Waals surface area contributed by atoms with E-state index in [2.05, 4.69) is 20.4 Å². The van der Waals surface area contributed by atoms with E-state index in [1.165, 1.54) is 22.1 Å². The highest BCUT2D eigenvalue weighted by Crippen LogP contribution is 2.27. The van der Waals surface area contributed by atoms with Gasteiger partial charge in [-0.3, -0.25) is 0 Å². The molecule has 0 aliphatic carbocycles. The lowest BCUT2D eigenvalue weighted by Gasteiger charge is -2.26. The number of aryl methyl sites for hydroxylation is 1. The molecular weight excluding hydrogens is 406 g/mol. The van der Waals surface area contributed by atoms with Crippen molar-refractivity contribution in [1.29, 1.82) is 0 Å². The van der Waals surface area contributed by atoms with Gasteiger partial charge in [-0.1, -0.05) is 17.8 Å². The summed E-state index contributed by atoms with van der Waals surface area (Å²) in [6, 6.07) is 6.47. The Morgan fingerprint density at radius 2 is 1.93 bits per heavy atom. The second-order valence-electron chi connectivity index (χ2n) is 5.92. The Hall–Kier alpha value is -2.28. The molecule has 0 atom stereocenters. The van der Waals surface area contributed by atoms with Crippen molar-refractivity contribution >= 4 is 21.8 Å². The van der Waals surface area contributed by atoms with Crippen molar-refractivity contribution in [3.63, 3.8) is 0 Å². The highest BCUT2D eigenvalue weighted by Gasteiger charge is 2.27. The van der Waals surface area contributed by atoms with Gasteiger partial charge >= 0.3 is 0 Å². The Bertz CT molecular complexity index is 1060. The third-order valence-corrected chi connectivity index (χ3v) is 6.68. The van der Waals surface area contributed by atoms with E-state index in [1.54, 1.807) is 25.1 Å². The molecule has 1 aliphatic heterocycles. The molecular formula is C16H17N5O5S2. The molecule has 12 heteroatoms. The number of sulfonamides is 1. The predicted molar refractivity (Wildman–Crippen MR) is 97.9 cm³/mol. The smallest absolute Gasteiger partial charge is 0.277 e. The van der Waals surface area contributed by atoms with Crippen LogP contribution in [0.5, 0.6) is 0 Å². The van der Waals surface area contributed by atoms with Gasteiger partial charge < -0.3 is 13.6 Å². The van der Waals surface area contributed by atoms with Crippen LogP contribution in [0.2, 0.25) is 0 Å². The summed E-state index contributed by atoms with van der Waals surface area (Å²) in [5.74, 6) is 1.58.